The predicted octanol–water partition coefficient (Wildman–Crippen LogP) is 5.06. The number of likely N-dealkylation sites (N-methyl/N-ethyl adjacent to an activating group) is 1. The van der Waals surface area contributed by atoms with Crippen molar-refractivity contribution in [3.63, 3.8) is 0 Å². The number of hydrogen-bond acceptors (Lipinski definition) is 6. The minimum absolute atomic E-state index is 0.239. The van der Waals surface area contributed by atoms with Gasteiger partial charge in [0.2, 0.25) is 0 Å². The van der Waals surface area contributed by atoms with Crippen LogP contribution >= 0.6 is 0 Å². The molecule has 0 radical (unpaired) electrons. The van der Waals surface area contributed by atoms with Gasteiger partial charge in [-0.25, -0.2) is 17.4 Å². The Hall–Kier alpha value is -3.01. The smallest absolute Gasteiger partial charge is 0.269 e. The maximum atomic E-state index is 13.6. The number of hydrogen-bond donors (Lipinski definition) is 0. The summed E-state index contributed by atoms with van der Waals surface area (Å²) >= 11 is 0. The summed E-state index contributed by atoms with van der Waals surface area (Å²) < 4.78 is 35.8. The molecule has 0 bridgehead atoms. The van der Waals surface area contributed by atoms with Crippen molar-refractivity contribution in [2.24, 2.45) is 7.05 Å². The molecular weight excluding hydrogens is 498 g/mol. The van der Waals surface area contributed by atoms with Crippen molar-refractivity contribution < 1.29 is 13.2 Å². The van der Waals surface area contributed by atoms with E-state index >= 15 is 0 Å². The van der Waals surface area contributed by atoms with E-state index in [1.165, 1.54) is 9.54 Å². The molecule has 9 heteroatoms. The Bertz CT molecular complexity index is 1470. The Morgan fingerprint density at radius 1 is 1.05 bits per heavy atom. The lowest BCUT2D eigenvalue weighted by Gasteiger charge is -2.36. The first-order valence-electron chi connectivity index (χ1n) is 13.5. The van der Waals surface area contributed by atoms with Crippen LogP contribution in [0.4, 0.5) is 0 Å². The number of benzene rings is 1. The van der Waals surface area contributed by atoms with Crippen LogP contribution in [0, 0.1) is 0 Å². The Morgan fingerprint density at radius 3 is 2.47 bits per heavy atom. The molecule has 0 spiro atoms. The van der Waals surface area contributed by atoms with Gasteiger partial charge >= 0.3 is 0 Å². The van der Waals surface area contributed by atoms with E-state index in [1.807, 2.05) is 32.4 Å². The predicted molar refractivity (Wildman–Crippen MR) is 150 cm³/mol. The van der Waals surface area contributed by atoms with E-state index in [0.717, 1.165) is 68.5 Å². The third-order valence-electron chi connectivity index (χ3n) is 7.77. The summed E-state index contributed by atoms with van der Waals surface area (Å²) in [6.07, 6.45) is 11.7. The first-order valence-corrected chi connectivity index (χ1v) is 15.0. The second kappa shape index (κ2) is 11.4. The lowest BCUT2D eigenvalue weighted by Crippen LogP contribution is -2.39. The molecule has 8 nitrogen and oxygen atoms in total. The second-order valence-corrected chi connectivity index (χ2v) is 11.8. The van der Waals surface area contributed by atoms with Gasteiger partial charge in [0.15, 0.2) is 5.65 Å². The van der Waals surface area contributed by atoms with Gasteiger partial charge in [-0.15, -0.1) is 0 Å². The molecule has 0 amide bonds. The Morgan fingerprint density at radius 2 is 1.82 bits per heavy atom. The van der Waals surface area contributed by atoms with Crippen LogP contribution in [0.15, 0.2) is 66.1 Å². The number of ether oxygens (including phenoxy) is 1. The van der Waals surface area contributed by atoms with E-state index in [2.05, 4.69) is 23.0 Å². The number of fused-ring (bicyclic) bond motifs is 1. The van der Waals surface area contributed by atoms with Crippen molar-refractivity contribution >= 4 is 21.1 Å². The molecule has 0 atom stereocenters. The second-order valence-electron chi connectivity index (χ2n) is 10.0. The molecule has 0 unspecified atom stereocenters. The molecule has 1 aliphatic carbocycles. The fourth-order valence-electron chi connectivity index (χ4n) is 5.70. The van der Waals surface area contributed by atoms with Gasteiger partial charge < -0.3 is 4.74 Å². The third kappa shape index (κ3) is 5.28. The molecule has 4 aromatic rings. The zero-order valence-corrected chi connectivity index (χ0v) is 23.3. The summed E-state index contributed by atoms with van der Waals surface area (Å²) in [7, 11) is -1.94. The zero-order valence-electron chi connectivity index (χ0n) is 22.5. The molecule has 202 valence electrons. The van der Waals surface area contributed by atoms with Crippen molar-refractivity contribution in [2.75, 3.05) is 26.3 Å². The highest BCUT2D eigenvalue weighted by atomic mass is 32.2. The summed E-state index contributed by atoms with van der Waals surface area (Å²) in [4.78, 5) is 7.53. The highest BCUT2D eigenvalue weighted by molar-refractivity contribution is 7.90. The fourth-order valence-corrected chi connectivity index (χ4v) is 7.04. The first-order chi connectivity index (χ1) is 18.4. The summed E-state index contributed by atoms with van der Waals surface area (Å²) in [5, 5.41) is 5.16. The van der Waals surface area contributed by atoms with Crippen molar-refractivity contribution in [2.45, 2.75) is 56.4 Å². The highest BCUT2D eigenvalue weighted by Gasteiger charge is 2.28. The van der Waals surface area contributed by atoms with Crippen LogP contribution in [0.1, 0.15) is 51.0 Å². The quantitative estimate of drug-likeness (QED) is 0.264. The molecule has 3 heterocycles. The van der Waals surface area contributed by atoms with E-state index in [9.17, 15) is 8.42 Å². The molecule has 38 heavy (non-hydrogen) atoms. The molecule has 3 aromatic heterocycles. The lowest BCUT2D eigenvalue weighted by atomic mass is 9.81. The van der Waals surface area contributed by atoms with Crippen molar-refractivity contribution in [3.8, 4) is 11.1 Å². The van der Waals surface area contributed by atoms with Crippen LogP contribution in [0.3, 0.4) is 0 Å². The molecule has 0 aliphatic heterocycles. The van der Waals surface area contributed by atoms with Gasteiger partial charge in [-0.2, -0.15) is 5.10 Å². The summed E-state index contributed by atoms with van der Waals surface area (Å²) in [6.45, 7) is 7.82. The number of aryl methyl sites for hydroxylation is 1. The first kappa shape index (κ1) is 26.6. The van der Waals surface area contributed by atoms with Gasteiger partial charge in [0.05, 0.1) is 17.7 Å². The molecule has 5 rings (SSSR count). The number of rotatable bonds is 10. The van der Waals surface area contributed by atoms with Crippen LogP contribution < -0.4 is 0 Å². The minimum Gasteiger partial charge on any atom is -0.380 e. The lowest BCUT2D eigenvalue weighted by molar-refractivity contribution is 0.0834. The molecular formula is C29H37N5O3S. The van der Waals surface area contributed by atoms with Crippen LogP contribution in [-0.2, 0) is 21.8 Å². The van der Waals surface area contributed by atoms with Crippen LogP contribution in [0.2, 0.25) is 0 Å². The van der Waals surface area contributed by atoms with Gasteiger partial charge in [0.1, 0.15) is 0 Å². The molecule has 0 saturated heterocycles. The summed E-state index contributed by atoms with van der Waals surface area (Å²) in [6, 6.07) is 11.2. The topological polar surface area (TPSA) is 82.2 Å². The minimum atomic E-state index is -3.80. The van der Waals surface area contributed by atoms with Gasteiger partial charge in [0.25, 0.3) is 10.0 Å². The molecule has 0 N–H and O–H groups in total. The normalized spacial score (nSPS) is 18.4. The SMILES string of the molecule is CCOCCN(CC)[C@H]1CC[C@@H](c2cnc3c(c2)c(-c2cnn(C)c2)cn3S(=O)(=O)c2ccccc2)CC1. The van der Waals surface area contributed by atoms with Crippen LogP contribution in [0.5, 0.6) is 0 Å². The number of aromatic nitrogens is 4. The van der Waals surface area contributed by atoms with E-state index < -0.39 is 10.0 Å². The largest absolute Gasteiger partial charge is 0.380 e. The van der Waals surface area contributed by atoms with Crippen LogP contribution in [-0.4, -0.2) is 64.4 Å². The molecule has 1 saturated carbocycles. The average molecular weight is 536 g/mol. The van der Waals surface area contributed by atoms with Gasteiger partial charge in [-0.3, -0.25) is 9.58 Å². The Balaban J connectivity index is 1.46. The van der Waals surface area contributed by atoms with Crippen LogP contribution in [0.25, 0.3) is 22.2 Å². The van der Waals surface area contributed by atoms with Gasteiger partial charge in [-0.1, -0.05) is 25.1 Å². The number of pyridine rings is 1. The average Bonchev–Trinajstić information content (AvgIpc) is 3.55. The van der Waals surface area contributed by atoms with Crippen molar-refractivity contribution in [3.05, 3.63) is 66.7 Å². The Kier molecular flexibility index (Phi) is 7.97. The van der Waals surface area contributed by atoms with Crippen molar-refractivity contribution in [1.82, 2.24) is 23.6 Å². The van der Waals surface area contributed by atoms with E-state index in [1.54, 1.807) is 41.3 Å². The highest BCUT2D eigenvalue weighted by Crippen LogP contribution is 2.38. The monoisotopic (exact) mass is 535 g/mol. The van der Waals surface area contributed by atoms with Gasteiger partial charge in [-0.05, 0) is 68.8 Å². The third-order valence-corrected chi connectivity index (χ3v) is 9.43. The van der Waals surface area contributed by atoms with E-state index in [-0.39, 0.29) is 4.90 Å². The van der Waals surface area contributed by atoms with Gasteiger partial charge in [0, 0.05) is 61.3 Å². The van der Waals surface area contributed by atoms with E-state index in [4.69, 9.17) is 9.72 Å². The summed E-state index contributed by atoms with van der Waals surface area (Å²) in [5.41, 5.74) is 3.31. The molecule has 1 aliphatic rings. The zero-order chi connectivity index (χ0) is 26.7. The molecule has 1 fully saturated rings. The van der Waals surface area contributed by atoms with Crippen molar-refractivity contribution in [1.29, 1.82) is 0 Å². The number of nitrogens with zero attached hydrogens (tertiary/aromatic N) is 5. The van der Waals surface area contributed by atoms with E-state index in [0.29, 0.717) is 17.6 Å². The maximum absolute atomic E-state index is 13.6. The summed E-state index contributed by atoms with van der Waals surface area (Å²) in [5.74, 6) is 0.407. The maximum Gasteiger partial charge on any atom is 0.269 e. The Labute approximate surface area is 225 Å². The molecule has 1 aromatic carbocycles. The standard InChI is InChI=1S/C29H37N5O3S/c1-4-33(15-16-37-5-2)25-13-11-22(12-14-25)23-17-27-28(24-19-31-32(3)20-24)21-34(29(27)30-18-23)38(35,36)26-9-7-6-8-10-26/h6-10,17-22,25H,4-5,11-16H2,1-3H3/t22-,25+. The fraction of sp³-hybridized carbons (Fsp3) is 0.448.